The van der Waals surface area contributed by atoms with Crippen molar-refractivity contribution in [1.29, 1.82) is 0 Å². The number of halogens is 1. The summed E-state index contributed by atoms with van der Waals surface area (Å²) in [5.74, 6) is 2.60. The van der Waals surface area contributed by atoms with Gasteiger partial charge in [-0.15, -0.1) is 29.1 Å². The van der Waals surface area contributed by atoms with Crippen molar-refractivity contribution in [3.63, 3.8) is 0 Å². The molecule has 1 unspecified atom stereocenters. The molecule has 1 saturated heterocycles. The van der Waals surface area contributed by atoms with E-state index in [-0.39, 0.29) is 29.6 Å². The fraction of sp³-hybridized carbons (Fsp3) is 0.562. The van der Waals surface area contributed by atoms with Crippen LogP contribution in [0, 0.1) is 0 Å². The van der Waals surface area contributed by atoms with Crippen LogP contribution < -0.4 is 10.6 Å². The van der Waals surface area contributed by atoms with Crippen LogP contribution in [0.2, 0.25) is 0 Å². The molecule has 0 saturated carbocycles. The highest BCUT2D eigenvalue weighted by Crippen LogP contribution is 2.23. The van der Waals surface area contributed by atoms with Crippen LogP contribution in [0.4, 0.5) is 0 Å². The topological polar surface area (TPSA) is 100 Å². The van der Waals surface area contributed by atoms with E-state index in [2.05, 4.69) is 37.7 Å². The standard InChI is InChI=1S/C16H24N6O2.HI/c1-3-17-15(19-11-16(2)7-5-9-24-16)18-10-13-20-14(22-21-13)12-6-4-8-23-12;/h4,6,8H,3,5,7,9-11H2,1-2H3,(H2,17,18,19)(H,20,21,22);1H. The van der Waals surface area contributed by atoms with Gasteiger partial charge in [0.25, 0.3) is 0 Å². The Morgan fingerprint density at radius 1 is 1.44 bits per heavy atom. The number of nitrogens with zero attached hydrogens (tertiary/aromatic N) is 3. The van der Waals surface area contributed by atoms with E-state index in [0.29, 0.717) is 24.0 Å². The van der Waals surface area contributed by atoms with Crippen molar-refractivity contribution >= 4 is 29.9 Å². The Bertz CT molecular complexity index is 664. The van der Waals surface area contributed by atoms with E-state index in [9.17, 15) is 0 Å². The van der Waals surface area contributed by atoms with E-state index in [1.165, 1.54) is 0 Å². The van der Waals surface area contributed by atoms with Crippen LogP contribution in [0.3, 0.4) is 0 Å². The van der Waals surface area contributed by atoms with Crippen LogP contribution in [0.5, 0.6) is 0 Å². The van der Waals surface area contributed by atoms with Crippen molar-refractivity contribution in [2.75, 3.05) is 19.7 Å². The Balaban J connectivity index is 0.00000225. The van der Waals surface area contributed by atoms with Gasteiger partial charge in [0.1, 0.15) is 12.4 Å². The fourth-order valence-electron chi connectivity index (χ4n) is 2.62. The lowest BCUT2D eigenvalue weighted by atomic mass is 10.0. The second-order valence-electron chi connectivity index (χ2n) is 6.03. The lowest BCUT2D eigenvalue weighted by Gasteiger charge is -2.24. The van der Waals surface area contributed by atoms with E-state index in [4.69, 9.17) is 9.15 Å². The molecule has 0 amide bonds. The highest BCUT2D eigenvalue weighted by Gasteiger charge is 2.29. The maximum Gasteiger partial charge on any atom is 0.216 e. The summed E-state index contributed by atoms with van der Waals surface area (Å²) in [5.41, 5.74) is -0.116. The van der Waals surface area contributed by atoms with Gasteiger partial charge in [0.2, 0.25) is 5.82 Å². The number of aliphatic imine (C=N–C) groups is 1. The first-order chi connectivity index (χ1) is 11.7. The molecule has 2 aromatic rings. The Hall–Kier alpha value is -1.62. The maximum atomic E-state index is 5.79. The number of hydrogen-bond donors (Lipinski definition) is 3. The summed E-state index contributed by atoms with van der Waals surface area (Å²) in [5, 5.41) is 13.6. The monoisotopic (exact) mass is 460 g/mol. The van der Waals surface area contributed by atoms with Crippen molar-refractivity contribution in [3.8, 4) is 11.6 Å². The van der Waals surface area contributed by atoms with E-state index < -0.39 is 0 Å². The lowest BCUT2D eigenvalue weighted by Crippen LogP contribution is -2.45. The fourth-order valence-corrected chi connectivity index (χ4v) is 2.62. The van der Waals surface area contributed by atoms with Gasteiger partial charge in [0, 0.05) is 19.7 Å². The zero-order chi connectivity index (χ0) is 16.8. The average Bonchev–Trinajstić information content (AvgIpc) is 3.31. The Kier molecular flexibility index (Phi) is 7.24. The van der Waals surface area contributed by atoms with Crippen molar-refractivity contribution in [1.82, 2.24) is 25.8 Å². The number of guanidine groups is 1. The number of ether oxygens (including phenoxy) is 1. The van der Waals surface area contributed by atoms with E-state index in [1.807, 2.05) is 19.1 Å². The molecule has 0 spiro atoms. The SMILES string of the molecule is CCNC(=NCc1nc(-c2ccco2)n[nH]1)NCC1(C)CCCO1.I. The highest BCUT2D eigenvalue weighted by atomic mass is 127. The number of rotatable bonds is 6. The van der Waals surface area contributed by atoms with Gasteiger partial charge >= 0.3 is 0 Å². The van der Waals surface area contributed by atoms with Crippen molar-refractivity contribution in [3.05, 3.63) is 24.2 Å². The minimum atomic E-state index is -0.116. The highest BCUT2D eigenvalue weighted by molar-refractivity contribution is 14.0. The molecule has 0 aromatic carbocycles. The summed E-state index contributed by atoms with van der Waals surface area (Å²) in [6, 6.07) is 3.63. The van der Waals surface area contributed by atoms with E-state index in [0.717, 1.165) is 38.5 Å². The number of aromatic amines is 1. The second kappa shape index (κ2) is 9.18. The summed E-state index contributed by atoms with van der Waals surface area (Å²) >= 11 is 0. The maximum absolute atomic E-state index is 5.79. The Morgan fingerprint density at radius 3 is 3.00 bits per heavy atom. The van der Waals surface area contributed by atoms with Crippen LogP contribution in [-0.4, -0.2) is 46.4 Å². The molecule has 3 N–H and O–H groups in total. The average molecular weight is 460 g/mol. The number of aromatic nitrogens is 3. The first-order valence-corrected chi connectivity index (χ1v) is 8.30. The molecule has 2 aromatic heterocycles. The molecule has 3 rings (SSSR count). The molecule has 138 valence electrons. The van der Waals surface area contributed by atoms with Crippen LogP contribution in [0.25, 0.3) is 11.6 Å². The second-order valence-corrected chi connectivity index (χ2v) is 6.03. The molecular formula is C16H25IN6O2. The van der Waals surface area contributed by atoms with Gasteiger partial charge in [-0.25, -0.2) is 9.98 Å². The third-order valence-corrected chi connectivity index (χ3v) is 3.93. The summed E-state index contributed by atoms with van der Waals surface area (Å²) in [7, 11) is 0. The first-order valence-electron chi connectivity index (χ1n) is 8.30. The molecule has 0 radical (unpaired) electrons. The van der Waals surface area contributed by atoms with E-state index in [1.54, 1.807) is 6.26 Å². The quantitative estimate of drug-likeness (QED) is 0.348. The summed E-state index contributed by atoms with van der Waals surface area (Å²) < 4.78 is 11.1. The van der Waals surface area contributed by atoms with Crippen LogP contribution in [0.15, 0.2) is 27.8 Å². The molecule has 1 fully saturated rings. The molecule has 8 nitrogen and oxygen atoms in total. The van der Waals surface area contributed by atoms with Gasteiger partial charge in [-0.3, -0.25) is 5.10 Å². The molecule has 3 heterocycles. The Labute approximate surface area is 164 Å². The lowest BCUT2D eigenvalue weighted by molar-refractivity contribution is 0.0243. The Morgan fingerprint density at radius 2 is 2.32 bits per heavy atom. The first kappa shape index (κ1) is 19.7. The number of hydrogen-bond acceptors (Lipinski definition) is 5. The van der Waals surface area contributed by atoms with Gasteiger partial charge in [0.15, 0.2) is 11.7 Å². The van der Waals surface area contributed by atoms with Gasteiger partial charge < -0.3 is 19.8 Å². The molecule has 1 aliphatic heterocycles. The third kappa shape index (κ3) is 5.43. The number of furan rings is 1. The minimum absolute atomic E-state index is 0. The molecule has 9 heteroatoms. The van der Waals surface area contributed by atoms with Gasteiger partial charge in [-0.05, 0) is 38.8 Å². The number of H-pyrrole nitrogens is 1. The largest absolute Gasteiger partial charge is 0.461 e. The summed E-state index contributed by atoms with van der Waals surface area (Å²) in [6.07, 6.45) is 3.77. The molecule has 0 aliphatic carbocycles. The van der Waals surface area contributed by atoms with Gasteiger partial charge in [-0.1, -0.05) is 0 Å². The van der Waals surface area contributed by atoms with Crippen LogP contribution in [-0.2, 0) is 11.3 Å². The number of nitrogens with one attached hydrogen (secondary N) is 3. The van der Waals surface area contributed by atoms with Crippen molar-refractivity contribution < 1.29 is 9.15 Å². The van der Waals surface area contributed by atoms with Crippen LogP contribution in [0.1, 0.15) is 32.5 Å². The third-order valence-electron chi connectivity index (χ3n) is 3.93. The molecule has 1 atom stereocenters. The zero-order valence-corrected chi connectivity index (χ0v) is 16.9. The van der Waals surface area contributed by atoms with Crippen LogP contribution >= 0.6 is 24.0 Å². The molecule has 25 heavy (non-hydrogen) atoms. The van der Waals surface area contributed by atoms with Crippen molar-refractivity contribution in [2.45, 2.75) is 38.8 Å². The molecular weight excluding hydrogens is 435 g/mol. The smallest absolute Gasteiger partial charge is 0.216 e. The predicted molar refractivity (Wildman–Crippen MR) is 106 cm³/mol. The minimum Gasteiger partial charge on any atom is -0.461 e. The predicted octanol–water partition coefficient (Wildman–Crippen LogP) is 2.31. The molecule has 1 aliphatic rings. The summed E-state index contributed by atoms with van der Waals surface area (Å²) in [6.45, 7) is 6.92. The van der Waals surface area contributed by atoms with Crippen molar-refractivity contribution in [2.24, 2.45) is 4.99 Å². The van der Waals surface area contributed by atoms with Gasteiger partial charge in [0.05, 0.1) is 11.9 Å². The molecule has 0 bridgehead atoms. The van der Waals surface area contributed by atoms with Gasteiger partial charge in [-0.2, -0.15) is 0 Å². The summed E-state index contributed by atoms with van der Waals surface area (Å²) in [4.78, 5) is 8.93. The van der Waals surface area contributed by atoms with E-state index >= 15 is 0 Å². The normalized spacial score (nSPS) is 20.3. The zero-order valence-electron chi connectivity index (χ0n) is 14.5.